The van der Waals surface area contributed by atoms with Crippen LogP contribution >= 0.6 is 11.6 Å². The molecule has 25 heavy (non-hydrogen) atoms. The highest BCUT2D eigenvalue weighted by Crippen LogP contribution is 2.28. The van der Waals surface area contributed by atoms with Crippen LogP contribution in [0.4, 0.5) is 16.2 Å². The lowest BCUT2D eigenvalue weighted by Crippen LogP contribution is -2.34. The topological polar surface area (TPSA) is 65.5 Å². The van der Waals surface area contributed by atoms with Gasteiger partial charge in [-0.2, -0.15) is 0 Å². The van der Waals surface area contributed by atoms with Gasteiger partial charge in [-0.1, -0.05) is 35.9 Å². The number of anilines is 2. The normalized spacial score (nSPS) is 10.3. The maximum Gasteiger partial charge on any atom is 0.326 e. The van der Waals surface area contributed by atoms with E-state index in [1.165, 1.54) is 11.0 Å². The number of carbonyl (C=O) groups is 1. The number of benzene rings is 2. The molecule has 0 atom stereocenters. The molecule has 0 aliphatic heterocycles. The Labute approximate surface area is 150 Å². The van der Waals surface area contributed by atoms with Crippen LogP contribution in [0.3, 0.4) is 0 Å². The number of rotatable bonds is 4. The lowest BCUT2D eigenvalue weighted by molar-refractivity contribution is 0.256. The summed E-state index contributed by atoms with van der Waals surface area (Å²) in [5, 5.41) is 13.5. The Hall–Kier alpha value is -3.05. The maximum absolute atomic E-state index is 12.8. The summed E-state index contributed by atoms with van der Waals surface area (Å²) in [6, 6.07) is 18.6. The largest absolute Gasteiger partial charge is 0.506 e. The van der Waals surface area contributed by atoms with Gasteiger partial charge in [-0.25, -0.2) is 4.79 Å². The fourth-order valence-corrected chi connectivity index (χ4v) is 2.56. The average molecular weight is 354 g/mol. The van der Waals surface area contributed by atoms with Crippen LogP contribution in [0.15, 0.2) is 72.9 Å². The number of nitrogens with one attached hydrogen (secondary N) is 1. The van der Waals surface area contributed by atoms with Gasteiger partial charge in [-0.05, 0) is 42.5 Å². The number of carbonyl (C=O) groups excluding carboxylic acids is 1. The molecule has 0 unspecified atom stereocenters. The number of pyridine rings is 1. The highest BCUT2D eigenvalue weighted by Gasteiger charge is 2.19. The minimum absolute atomic E-state index is 0.0136. The Balaban J connectivity index is 1.90. The monoisotopic (exact) mass is 353 g/mol. The molecule has 0 saturated carbocycles. The van der Waals surface area contributed by atoms with Gasteiger partial charge in [0.15, 0.2) is 0 Å². The number of urea groups is 1. The average Bonchev–Trinajstić information content (AvgIpc) is 2.61. The van der Waals surface area contributed by atoms with Gasteiger partial charge in [0.25, 0.3) is 0 Å². The summed E-state index contributed by atoms with van der Waals surface area (Å²) in [4.78, 5) is 18.5. The third-order valence-electron chi connectivity index (χ3n) is 3.54. The van der Waals surface area contributed by atoms with Gasteiger partial charge in [0.1, 0.15) is 5.75 Å². The van der Waals surface area contributed by atoms with Crippen molar-refractivity contribution in [1.29, 1.82) is 0 Å². The standard InChI is InChI=1S/C19H16ClN3O2/c20-14-6-5-8-15(12-14)22-19(25)23(13-16-7-3-4-11-21-16)17-9-1-2-10-18(17)24/h1-12,24H,13H2,(H,22,25). The highest BCUT2D eigenvalue weighted by atomic mass is 35.5. The summed E-state index contributed by atoms with van der Waals surface area (Å²) in [5.41, 5.74) is 1.67. The number of hydrogen-bond donors (Lipinski definition) is 2. The molecule has 0 radical (unpaired) electrons. The number of para-hydroxylation sites is 2. The van der Waals surface area contributed by atoms with Gasteiger partial charge in [-0.15, -0.1) is 0 Å². The molecule has 126 valence electrons. The van der Waals surface area contributed by atoms with Crippen molar-refractivity contribution in [1.82, 2.24) is 4.98 Å². The van der Waals surface area contributed by atoms with E-state index in [4.69, 9.17) is 11.6 Å². The summed E-state index contributed by atoms with van der Waals surface area (Å²) < 4.78 is 0. The molecule has 3 rings (SSSR count). The third-order valence-corrected chi connectivity index (χ3v) is 3.77. The zero-order valence-electron chi connectivity index (χ0n) is 13.3. The van der Waals surface area contributed by atoms with Crippen LogP contribution in [-0.4, -0.2) is 16.1 Å². The molecular formula is C19H16ClN3O2. The lowest BCUT2D eigenvalue weighted by atomic mass is 10.2. The first-order chi connectivity index (χ1) is 12.1. The predicted octanol–water partition coefficient (Wildman–Crippen LogP) is 4.68. The Morgan fingerprint density at radius 2 is 1.88 bits per heavy atom. The second-order valence-corrected chi connectivity index (χ2v) is 5.77. The second-order valence-electron chi connectivity index (χ2n) is 5.34. The van der Waals surface area contributed by atoms with Crippen molar-refractivity contribution in [3.05, 3.63) is 83.6 Å². The van der Waals surface area contributed by atoms with E-state index >= 15 is 0 Å². The molecule has 0 aliphatic carbocycles. The van der Waals surface area contributed by atoms with E-state index in [9.17, 15) is 9.90 Å². The highest BCUT2D eigenvalue weighted by molar-refractivity contribution is 6.30. The first-order valence-corrected chi connectivity index (χ1v) is 8.03. The van der Waals surface area contributed by atoms with Crippen molar-refractivity contribution in [2.24, 2.45) is 0 Å². The second kappa shape index (κ2) is 7.68. The van der Waals surface area contributed by atoms with Crippen LogP contribution in [0.5, 0.6) is 5.75 Å². The number of aromatic nitrogens is 1. The van der Waals surface area contributed by atoms with Gasteiger partial charge in [0.2, 0.25) is 0 Å². The molecule has 0 aliphatic rings. The molecule has 2 aromatic carbocycles. The Kier molecular flexibility index (Phi) is 5.16. The number of halogens is 1. The number of amides is 2. The van der Waals surface area contributed by atoms with Gasteiger partial charge < -0.3 is 10.4 Å². The fourth-order valence-electron chi connectivity index (χ4n) is 2.37. The van der Waals surface area contributed by atoms with Crippen molar-refractivity contribution < 1.29 is 9.90 Å². The maximum atomic E-state index is 12.8. The van der Waals surface area contributed by atoms with Crippen molar-refractivity contribution in [2.75, 3.05) is 10.2 Å². The number of phenolic OH excluding ortho intramolecular Hbond substituents is 1. The molecule has 1 aromatic heterocycles. The van der Waals surface area contributed by atoms with Crippen LogP contribution in [0.25, 0.3) is 0 Å². The van der Waals surface area contributed by atoms with E-state index in [0.717, 1.165) is 0 Å². The molecule has 0 bridgehead atoms. The van der Waals surface area contributed by atoms with Crippen LogP contribution in [0.2, 0.25) is 5.02 Å². The van der Waals surface area contributed by atoms with E-state index in [2.05, 4.69) is 10.3 Å². The zero-order valence-corrected chi connectivity index (χ0v) is 14.0. The van der Waals surface area contributed by atoms with Crippen molar-refractivity contribution in [2.45, 2.75) is 6.54 Å². The number of aromatic hydroxyl groups is 1. The number of phenols is 1. The van der Waals surface area contributed by atoms with E-state index < -0.39 is 6.03 Å². The van der Waals surface area contributed by atoms with Crippen LogP contribution in [0.1, 0.15) is 5.69 Å². The van der Waals surface area contributed by atoms with E-state index in [1.54, 1.807) is 54.7 Å². The Bertz CT molecular complexity index is 871. The Morgan fingerprint density at radius 3 is 2.60 bits per heavy atom. The molecule has 3 aromatic rings. The Morgan fingerprint density at radius 1 is 1.08 bits per heavy atom. The van der Waals surface area contributed by atoms with E-state index in [-0.39, 0.29) is 12.3 Å². The number of nitrogens with zero attached hydrogens (tertiary/aromatic N) is 2. The van der Waals surface area contributed by atoms with Crippen molar-refractivity contribution in [3.8, 4) is 5.75 Å². The molecule has 0 spiro atoms. The SMILES string of the molecule is O=C(Nc1cccc(Cl)c1)N(Cc1ccccn1)c1ccccc1O. The minimum atomic E-state index is -0.394. The molecule has 0 saturated heterocycles. The molecule has 2 amide bonds. The van der Waals surface area contributed by atoms with Crippen LogP contribution < -0.4 is 10.2 Å². The number of hydrogen-bond acceptors (Lipinski definition) is 3. The van der Waals surface area contributed by atoms with Gasteiger partial charge in [0, 0.05) is 16.9 Å². The summed E-state index contributed by atoms with van der Waals surface area (Å²) in [6.07, 6.45) is 1.66. The zero-order chi connectivity index (χ0) is 17.6. The van der Waals surface area contributed by atoms with E-state index in [0.29, 0.717) is 22.1 Å². The molecule has 0 fully saturated rings. The third kappa shape index (κ3) is 4.28. The van der Waals surface area contributed by atoms with Gasteiger partial charge >= 0.3 is 6.03 Å². The molecule has 6 heteroatoms. The first kappa shape index (κ1) is 16.8. The van der Waals surface area contributed by atoms with Crippen molar-refractivity contribution >= 4 is 29.0 Å². The lowest BCUT2D eigenvalue weighted by Gasteiger charge is -2.23. The molecule has 1 heterocycles. The van der Waals surface area contributed by atoms with Crippen molar-refractivity contribution in [3.63, 3.8) is 0 Å². The molecule has 2 N–H and O–H groups in total. The van der Waals surface area contributed by atoms with Crippen LogP contribution in [0, 0.1) is 0 Å². The predicted molar refractivity (Wildman–Crippen MR) is 99.0 cm³/mol. The fraction of sp³-hybridized carbons (Fsp3) is 0.0526. The summed E-state index contributed by atoms with van der Waals surface area (Å²) in [6.45, 7) is 0.213. The van der Waals surface area contributed by atoms with E-state index in [1.807, 2.05) is 12.1 Å². The summed E-state index contributed by atoms with van der Waals surface area (Å²) >= 11 is 5.96. The molecular weight excluding hydrogens is 338 g/mol. The van der Waals surface area contributed by atoms with Gasteiger partial charge in [-0.3, -0.25) is 9.88 Å². The smallest absolute Gasteiger partial charge is 0.326 e. The summed E-state index contributed by atoms with van der Waals surface area (Å²) in [5.74, 6) is 0.0136. The summed E-state index contributed by atoms with van der Waals surface area (Å²) in [7, 11) is 0. The minimum Gasteiger partial charge on any atom is -0.506 e. The quantitative estimate of drug-likeness (QED) is 0.715. The van der Waals surface area contributed by atoms with Crippen LogP contribution in [-0.2, 0) is 6.54 Å². The molecule has 5 nitrogen and oxygen atoms in total. The van der Waals surface area contributed by atoms with Gasteiger partial charge in [0.05, 0.1) is 17.9 Å². The first-order valence-electron chi connectivity index (χ1n) is 7.65.